The molecule has 1 aliphatic rings. The Morgan fingerprint density at radius 2 is 2.06 bits per heavy atom. The summed E-state index contributed by atoms with van der Waals surface area (Å²) in [5.74, 6) is 0.176. The number of aryl methyl sites for hydroxylation is 3. The van der Waals surface area contributed by atoms with Crippen molar-refractivity contribution in [1.82, 2.24) is 20.1 Å². The molecule has 1 atom stereocenters. The van der Waals surface area contributed by atoms with E-state index in [1.807, 2.05) is 17.1 Å². The molecule has 1 N–H and O–H groups in total. The molecule has 1 fully saturated rings. The summed E-state index contributed by atoms with van der Waals surface area (Å²) in [4.78, 5) is 19.8. The number of amides is 1. The maximum absolute atomic E-state index is 12.9. The van der Waals surface area contributed by atoms with Gasteiger partial charge in [-0.25, -0.2) is 0 Å². The van der Waals surface area contributed by atoms with Gasteiger partial charge in [0, 0.05) is 48.8 Å². The number of benzene rings is 2. The van der Waals surface area contributed by atoms with Gasteiger partial charge in [-0.3, -0.25) is 14.5 Å². The first kappa shape index (κ1) is 21.4. The van der Waals surface area contributed by atoms with Gasteiger partial charge in [-0.15, -0.1) is 0 Å². The van der Waals surface area contributed by atoms with E-state index in [4.69, 9.17) is 0 Å². The number of hydrogen-bond acceptors (Lipinski definition) is 4. The van der Waals surface area contributed by atoms with Gasteiger partial charge < -0.3 is 10.2 Å². The van der Waals surface area contributed by atoms with Gasteiger partial charge >= 0.3 is 0 Å². The Morgan fingerprint density at radius 1 is 1.15 bits per heavy atom. The third-order valence-electron chi connectivity index (χ3n) is 6.76. The lowest BCUT2D eigenvalue weighted by Crippen LogP contribution is -2.43. The Kier molecular flexibility index (Phi) is 5.99. The number of carbonyl (C=O) groups is 1. The minimum atomic E-state index is 0.0138. The molecule has 33 heavy (non-hydrogen) atoms. The number of carbonyl (C=O) groups excluding carboxylic acids is 1. The molecule has 1 amide bonds. The number of rotatable bonds is 6. The van der Waals surface area contributed by atoms with Crippen LogP contribution in [-0.4, -0.2) is 40.3 Å². The number of hydrogen-bond donors (Lipinski definition) is 1. The Hall–Kier alpha value is -3.41. The van der Waals surface area contributed by atoms with E-state index in [0.29, 0.717) is 6.54 Å². The molecule has 1 aliphatic heterocycles. The SMILES string of the molecule is Cc1ccc2nccc(N3CCCC(C(=O)NCCCn4ncc5c(C)cccc54)C3)c2c1. The fourth-order valence-corrected chi connectivity index (χ4v) is 4.94. The van der Waals surface area contributed by atoms with E-state index in [9.17, 15) is 4.79 Å². The maximum atomic E-state index is 12.9. The van der Waals surface area contributed by atoms with Crippen molar-refractivity contribution >= 4 is 33.4 Å². The van der Waals surface area contributed by atoms with Gasteiger partial charge in [-0.2, -0.15) is 5.10 Å². The van der Waals surface area contributed by atoms with Crippen LogP contribution in [0.2, 0.25) is 0 Å². The molecular formula is C27H31N5O. The number of aromatic nitrogens is 3. The summed E-state index contributed by atoms with van der Waals surface area (Å²) >= 11 is 0. The molecule has 0 aliphatic carbocycles. The molecule has 4 aromatic rings. The zero-order valence-corrected chi connectivity index (χ0v) is 19.4. The summed E-state index contributed by atoms with van der Waals surface area (Å²) in [6.45, 7) is 7.41. The molecule has 2 aromatic heterocycles. The normalized spacial score (nSPS) is 16.4. The molecule has 0 saturated carbocycles. The minimum absolute atomic E-state index is 0.0138. The number of piperidine rings is 1. The molecule has 5 rings (SSSR count). The molecule has 3 heterocycles. The van der Waals surface area contributed by atoms with Crippen LogP contribution in [0.15, 0.2) is 54.9 Å². The third kappa shape index (κ3) is 4.42. The van der Waals surface area contributed by atoms with Gasteiger partial charge in [-0.1, -0.05) is 23.8 Å². The standard InChI is InChI=1S/C27H31N5O/c1-19-9-10-24-22(16-19)25(11-13-28-24)31-14-4-7-21(18-31)27(33)29-12-5-15-32-26-8-3-6-20(2)23(26)17-30-32/h3,6,8-11,13,16-17,21H,4-5,7,12,14-15,18H2,1-2H3,(H,29,33). The average Bonchev–Trinajstić information content (AvgIpc) is 3.25. The molecule has 0 spiro atoms. The number of anilines is 1. The third-order valence-corrected chi connectivity index (χ3v) is 6.76. The van der Waals surface area contributed by atoms with Gasteiger partial charge in [0.1, 0.15) is 0 Å². The van der Waals surface area contributed by atoms with Crippen molar-refractivity contribution in [2.24, 2.45) is 5.92 Å². The summed E-state index contributed by atoms with van der Waals surface area (Å²) in [6.07, 6.45) is 6.63. The number of fused-ring (bicyclic) bond motifs is 2. The average molecular weight is 442 g/mol. The van der Waals surface area contributed by atoms with E-state index in [1.165, 1.54) is 27.6 Å². The van der Waals surface area contributed by atoms with Crippen LogP contribution in [0.1, 0.15) is 30.4 Å². The van der Waals surface area contributed by atoms with Gasteiger partial charge in [0.2, 0.25) is 5.91 Å². The van der Waals surface area contributed by atoms with Crippen molar-refractivity contribution in [2.75, 3.05) is 24.5 Å². The van der Waals surface area contributed by atoms with Gasteiger partial charge in [0.15, 0.2) is 0 Å². The highest BCUT2D eigenvalue weighted by atomic mass is 16.1. The summed E-state index contributed by atoms with van der Waals surface area (Å²) in [6, 6.07) is 14.7. The molecule has 0 radical (unpaired) electrons. The Balaban J connectivity index is 1.18. The quantitative estimate of drug-likeness (QED) is 0.443. The van der Waals surface area contributed by atoms with E-state index in [2.05, 4.69) is 76.6 Å². The van der Waals surface area contributed by atoms with Crippen LogP contribution in [0.4, 0.5) is 5.69 Å². The van der Waals surface area contributed by atoms with Crippen LogP contribution in [0.5, 0.6) is 0 Å². The lowest BCUT2D eigenvalue weighted by atomic mass is 9.96. The van der Waals surface area contributed by atoms with Crippen LogP contribution in [0.25, 0.3) is 21.8 Å². The van der Waals surface area contributed by atoms with Crippen molar-refractivity contribution in [3.8, 4) is 0 Å². The van der Waals surface area contributed by atoms with E-state index in [1.54, 1.807) is 0 Å². The summed E-state index contributed by atoms with van der Waals surface area (Å²) in [7, 11) is 0. The molecule has 1 saturated heterocycles. The van der Waals surface area contributed by atoms with Crippen LogP contribution in [-0.2, 0) is 11.3 Å². The van der Waals surface area contributed by atoms with Gasteiger partial charge in [0.05, 0.1) is 23.1 Å². The molecule has 0 bridgehead atoms. The van der Waals surface area contributed by atoms with E-state index < -0.39 is 0 Å². The van der Waals surface area contributed by atoms with Gasteiger partial charge in [-0.05, 0) is 62.9 Å². The van der Waals surface area contributed by atoms with Crippen molar-refractivity contribution in [2.45, 2.75) is 39.7 Å². The number of nitrogens with one attached hydrogen (secondary N) is 1. The summed E-state index contributed by atoms with van der Waals surface area (Å²) < 4.78 is 2.04. The molecule has 6 heteroatoms. The molecule has 6 nitrogen and oxygen atoms in total. The van der Waals surface area contributed by atoms with E-state index in [-0.39, 0.29) is 11.8 Å². The monoisotopic (exact) mass is 441 g/mol. The molecule has 170 valence electrons. The fraction of sp³-hybridized carbons (Fsp3) is 0.370. The van der Waals surface area contributed by atoms with Crippen molar-refractivity contribution in [1.29, 1.82) is 0 Å². The Morgan fingerprint density at radius 3 is 2.97 bits per heavy atom. The van der Waals surface area contributed by atoms with Crippen LogP contribution < -0.4 is 10.2 Å². The summed E-state index contributed by atoms with van der Waals surface area (Å²) in [5.41, 5.74) is 5.81. The van der Waals surface area contributed by atoms with E-state index in [0.717, 1.165) is 49.9 Å². The topological polar surface area (TPSA) is 63.1 Å². The Bertz CT molecular complexity index is 1290. The minimum Gasteiger partial charge on any atom is -0.370 e. The smallest absolute Gasteiger partial charge is 0.224 e. The van der Waals surface area contributed by atoms with Crippen molar-refractivity contribution < 1.29 is 4.79 Å². The zero-order valence-electron chi connectivity index (χ0n) is 19.4. The second kappa shape index (κ2) is 9.22. The van der Waals surface area contributed by atoms with Crippen LogP contribution in [0.3, 0.4) is 0 Å². The van der Waals surface area contributed by atoms with Crippen LogP contribution in [0, 0.1) is 19.8 Å². The second-order valence-electron chi connectivity index (χ2n) is 9.16. The highest BCUT2D eigenvalue weighted by Crippen LogP contribution is 2.30. The highest BCUT2D eigenvalue weighted by Gasteiger charge is 2.26. The predicted octanol–water partition coefficient (Wildman–Crippen LogP) is 4.62. The zero-order chi connectivity index (χ0) is 22.8. The van der Waals surface area contributed by atoms with E-state index >= 15 is 0 Å². The lowest BCUT2D eigenvalue weighted by molar-refractivity contribution is -0.125. The maximum Gasteiger partial charge on any atom is 0.224 e. The predicted molar refractivity (Wildman–Crippen MR) is 134 cm³/mol. The molecular weight excluding hydrogens is 410 g/mol. The molecule has 2 aromatic carbocycles. The largest absolute Gasteiger partial charge is 0.370 e. The first-order chi connectivity index (χ1) is 16.1. The van der Waals surface area contributed by atoms with Crippen molar-refractivity contribution in [3.05, 3.63) is 66.0 Å². The first-order valence-corrected chi connectivity index (χ1v) is 11.9. The Labute approximate surface area is 194 Å². The van der Waals surface area contributed by atoms with Crippen molar-refractivity contribution in [3.63, 3.8) is 0 Å². The first-order valence-electron chi connectivity index (χ1n) is 11.9. The second-order valence-corrected chi connectivity index (χ2v) is 9.16. The summed E-state index contributed by atoms with van der Waals surface area (Å²) in [5, 5.41) is 10.1. The fourth-order valence-electron chi connectivity index (χ4n) is 4.94. The van der Waals surface area contributed by atoms with Gasteiger partial charge in [0.25, 0.3) is 0 Å². The number of nitrogens with zero attached hydrogens (tertiary/aromatic N) is 4. The van der Waals surface area contributed by atoms with Crippen LogP contribution >= 0.6 is 0 Å². The lowest BCUT2D eigenvalue weighted by Gasteiger charge is -2.34. The highest BCUT2D eigenvalue weighted by molar-refractivity contribution is 5.92. The number of pyridine rings is 1. The molecule has 1 unspecified atom stereocenters.